The minimum Gasteiger partial charge on any atom is -0.459 e. The van der Waals surface area contributed by atoms with Crippen LogP contribution in [0.4, 0.5) is 21.0 Å². The third kappa shape index (κ3) is 5.52. The maximum Gasteiger partial charge on any atom is 0.338 e. The van der Waals surface area contributed by atoms with Gasteiger partial charge in [0, 0.05) is 24.1 Å². The molecule has 174 valence electrons. The van der Waals surface area contributed by atoms with E-state index < -0.39 is 12.0 Å². The molecule has 0 saturated heterocycles. The predicted octanol–water partition coefficient (Wildman–Crippen LogP) is 4.81. The summed E-state index contributed by atoms with van der Waals surface area (Å²) in [5, 5.41) is 8.54. The fourth-order valence-corrected chi connectivity index (χ4v) is 3.66. The lowest BCUT2D eigenvalue weighted by Crippen LogP contribution is -2.46. The first-order valence-corrected chi connectivity index (χ1v) is 10.9. The molecule has 1 unspecified atom stereocenters. The Morgan fingerprint density at radius 1 is 1.12 bits per heavy atom. The van der Waals surface area contributed by atoms with E-state index in [0.29, 0.717) is 22.5 Å². The van der Waals surface area contributed by atoms with Crippen molar-refractivity contribution in [2.24, 2.45) is 0 Å². The SMILES string of the molecule is CCc1ccccc1NC(=O)Nc1cccc(C2NC(=O)N(C)C(C)=C2C(=O)OC(C)C)c1. The summed E-state index contributed by atoms with van der Waals surface area (Å²) < 4.78 is 5.42. The van der Waals surface area contributed by atoms with Crippen LogP contribution in [0.15, 0.2) is 59.8 Å². The average Bonchev–Trinajstić information content (AvgIpc) is 2.77. The fourth-order valence-electron chi connectivity index (χ4n) is 3.66. The molecule has 0 aromatic heterocycles. The molecule has 8 nitrogen and oxygen atoms in total. The van der Waals surface area contributed by atoms with Gasteiger partial charge in [0.15, 0.2) is 0 Å². The van der Waals surface area contributed by atoms with E-state index >= 15 is 0 Å². The van der Waals surface area contributed by atoms with Crippen LogP contribution in [0.5, 0.6) is 0 Å². The first kappa shape index (κ1) is 23.8. The topological polar surface area (TPSA) is 99.8 Å². The molecule has 0 bridgehead atoms. The normalized spacial score (nSPS) is 15.9. The molecule has 8 heteroatoms. The number of nitrogens with one attached hydrogen (secondary N) is 3. The first-order valence-electron chi connectivity index (χ1n) is 10.9. The standard InChI is InChI=1S/C25H30N4O4/c1-6-17-10-7-8-13-20(17)27-24(31)26-19-12-9-11-18(14-19)22-21(23(30)33-15(2)3)16(4)29(5)25(32)28-22/h7-15,22H,6H2,1-5H3,(H,28,32)(H2,26,27,31). The number of hydrogen-bond donors (Lipinski definition) is 3. The van der Waals surface area contributed by atoms with Crippen molar-refractivity contribution in [3.8, 4) is 0 Å². The number of ether oxygens (including phenoxy) is 1. The Hall–Kier alpha value is -3.81. The molecule has 2 aromatic carbocycles. The number of benzene rings is 2. The zero-order valence-electron chi connectivity index (χ0n) is 19.6. The minimum absolute atomic E-state index is 0.302. The Balaban J connectivity index is 1.85. The molecule has 33 heavy (non-hydrogen) atoms. The van der Waals surface area contributed by atoms with Crippen LogP contribution in [0.1, 0.15) is 44.9 Å². The average molecular weight is 451 g/mol. The van der Waals surface area contributed by atoms with Crippen molar-refractivity contribution in [2.45, 2.75) is 46.3 Å². The number of nitrogens with zero attached hydrogens (tertiary/aromatic N) is 1. The van der Waals surface area contributed by atoms with Crippen LogP contribution in [0.3, 0.4) is 0 Å². The van der Waals surface area contributed by atoms with Gasteiger partial charge in [0.1, 0.15) is 0 Å². The van der Waals surface area contributed by atoms with Crippen molar-refractivity contribution in [2.75, 3.05) is 17.7 Å². The van der Waals surface area contributed by atoms with E-state index in [9.17, 15) is 14.4 Å². The molecule has 4 amide bonds. The number of para-hydroxylation sites is 1. The van der Waals surface area contributed by atoms with Crippen LogP contribution in [-0.4, -0.2) is 36.1 Å². The van der Waals surface area contributed by atoms with Crippen LogP contribution >= 0.6 is 0 Å². The molecule has 1 atom stereocenters. The second kappa shape index (κ2) is 10.2. The number of aryl methyl sites for hydroxylation is 1. The van der Waals surface area contributed by atoms with E-state index in [2.05, 4.69) is 16.0 Å². The summed E-state index contributed by atoms with van der Waals surface area (Å²) in [6, 6.07) is 13.2. The summed E-state index contributed by atoms with van der Waals surface area (Å²) in [4.78, 5) is 39.3. The highest BCUT2D eigenvalue weighted by molar-refractivity contribution is 6.00. The molecule has 1 heterocycles. The molecule has 0 saturated carbocycles. The van der Waals surface area contributed by atoms with E-state index in [0.717, 1.165) is 17.7 Å². The first-order chi connectivity index (χ1) is 15.7. The molecule has 3 rings (SSSR count). The molecule has 0 spiro atoms. The van der Waals surface area contributed by atoms with Crippen LogP contribution < -0.4 is 16.0 Å². The van der Waals surface area contributed by atoms with Gasteiger partial charge in [-0.25, -0.2) is 14.4 Å². The largest absolute Gasteiger partial charge is 0.459 e. The number of urea groups is 2. The second-order valence-electron chi connectivity index (χ2n) is 8.11. The van der Waals surface area contributed by atoms with Crippen molar-refractivity contribution in [1.29, 1.82) is 0 Å². The summed E-state index contributed by atoms with van der Waals surface area (Å²) in [6.45, 7) is 7.28. The minimum atomic E-state index is -0.703. The Kier molecular flexibility index (Phi) is 7.37. The maximum atomic E-state index is 12.8. The highest BCUT2D eigenvalue weighted by Gasteiger charge is 2.35. The van der Waals surface area contributed by atoms with E-state index in [-0.39, 0.29) is 18.2 Å². The summed E-state index contributed by atoms with van der Waals surface area (Å²) >= 11 is 0. The molecule has 0 aliphatic carbocycles. The van der Waals surface area contributed by atoms with E-state index in [4.69, 9.17) is 4.74 Å². The van der Waals surface area contributed by atoms with Gasteiger partial charge in [0.25, 0.3) is 0 Å². The van der Waals surface area contributed by atoms with Gasteiger partial charge in [-0.1, -0.05) is 37.3 Å². The van der Waals surface area contributed by atoms with Gasteiger partial charge in [0.05, 0.1) is 17.7 Å². The van der Waals surface area contributed by atoms with Crippen LogP contribution in [0.2, 0.25) is 0 Å². The van der Waals surface area contributed by atoms with Gasteiger partial charge in [-0.2, -0.15) is 0 Å². The van der Waals surface area contributed by atoms with Crippen LogP contribution in [0.25, 0.3) is 0 Å². The second-order valence-corrected chi connectivity index (χ2v) is 8.11. The lowest BCUT2D eigenvalue weighted by atomic mass is 9.94. The quantitative estimate of drug-likeness (QED) is 0.550. The number of anilines is 2. The Bertz CT molecular complexity index is 1090. The summed E-state index contributed by atoms with van der Waals surface area (Å²) in [5.74, 6) is -0.494. The zero-order valence-corrected chi connectivity index (χ0v) is 19.6. The van der Waals surface area contributed by atoms with Crippen LogP contribution in [-0.2, 0) is 16.0 Å². The van der Waals surface area contributed by atoms with Crippen molar-refractivity contribution >= 4 is 29.4 Å². The number of rotatable bonds is 6. The van der Waals surface area contributed by atoms with Gasteiger partial charge in [-0.05, 0) is 56.5 Å². The number of carbonyl (C=O) groups is 3. The molecule has 0 fully saturated rings. The zero-order chi connectivity index (χ0) is 24.1. The molecule has 0 radical (unpaired) electrons. The van der Waals surface area contributed by atoms with Gasteiger partial charge in [0.2, 0.25) is 0 Å². The smallest absolute Gasteiger partial charge is 0.338 e. The summed E-state index contributed by atoms with van der Waals surface area (Å²) in [6.07, 6.45) is 0.493. The Morgan fingerprint density at radius 3 is 2.55 bits per heavy atom. The molecule has 3 N–H and O–H groups in total. The number of amides is 4. The predicted molar refractivity (Wildman–Crippen MR) is 128 cm³/mol. The summed E-state index contributed by atoms with van der Waals surface area (Å²) in [7, 11) is 1.60. The molecular weight excluding hydrogens is 420 g/mol. The third-order valence-electron chi connectivity index (χ3n) is 5.44. The molecular formula is C25H30N4O4. The maximum absolute atomic E-state index is 12.8. The lowest BCUT2D eigenvalue weighted by Gasteiger charge is -2.33. The van der Waals surface area contributed by atoms with Gasteiger partial charge in [-0.15, -0.1) is 0 Å². The lowest BCUT2D eigenvalue weighted by molar-refractivity contribution is -0.143. The summed E-state index contributed by atoms with van der Waals surface area (Å²) in [5.41, 5.74) is 3.82. The monoisotopic (exact) mass is 450 g/mol. The van der Waals surface area contributed by atoms with Crippen molar-refractivity contribution < 1.29 is 19.1 Å². The molecule has 1 aliphatic heterocycles. The highest BCUT2D eigenvalue weighted by atomic mass is 16.5. The van der Waals surface area contributed by atoms with Crippen LogP contribution in [0, 0.1) is 0 Å². The fraction of sp³-hybridized carbons (Fsp3) is 0.320. The van der Waals surface area contributed by atoms with Crippen molar-refractivity contribution in [3.63, 3.8) is 0 Å². The number of esters is 1. The number of carbonyl (C=O) groups excluding carboxylic acids is 3. The molecule has 2 aromatic rings. The van der Waals surface area contributed by atoms with Gasteiger partial charge >= 0.3 is 18.0 Å². The van der Waals surface area contributed by atoms with Gasteiger partial charge < -0.3 is 25.6 Å². The number of hydrogen-bond acceptors (Lipinski definition) is 4. The third-order valence-corrected chi connectivity index (χ3v) is 5.44. The Morgan fingerprint density at radius 2 is 1.85 bits per heavy atom. The highest BCUT2D eigenvalue weighted by Crippen LogP contribution is 2.32. The van der Waals surface area contributed by atoms with Gasteiger partial charge in [-0.3, -0.25) is 0 Å². The molecule has 1 aliphatic rings. The van der Waals surface area contributed by atoms with E-state index in [1.165, 1.54) is 4.90 Å². The van der Waals surface area contributed by atoms with E-state index in [1.807, 2.05) is 31.2 Å². The van der Waals surface area contributed by atoms with E-state index in [1.54, 1.807) is 52.1 Å². The number of allylic oxidation sites excluding steroid dienone is 1. The van der Waals surface area contributed by atoms with Crippen molar-refractivity contribution in [3.05, 3.63) is 70.9 Å². The van der Waals surface area contributed by atoms with Crippen molar-refractivity contribution in [1.82, 2.24) is 10.2 Å². The Labute approximate surface area is 194 Å².